The molecule has 0 radical (unpaired) electrons. The Balaban J connectivity index is 0.000000357. The van der Waals surface area contributed by atoms with Crippen molar-refractivity contribution in [2.24, 2.45) is 0 Å². The molecule has 0 aromatic heterocycles. The first-order valence-electron chi connectivity index (χ1n) is 21.5. The van der Waals surface area contributed by atoms with E-state index in [0.29, 0.717) is 17.2 Å². The molecular formula is C56H70O3. The Bertz CT molecular complexity index is 1980. The van der Waals surface area contributed by atoms with Crippen LogP contribution in [0.25, 0.3) is 32.3 Å². The second-order valence-electron chi connectivity index (χ2n) is 12.6. The Morgan fingerprint density at radius 1 is 0.254 bits per heavy atom. The number of phenolic OH excluding ortho intramolecular Hbond substituents is 3. The predicted octanol–water partition coefficient (Wildman–Crippen LogP) is 16.3. The van der Waals surface area contributed by atoms with Crippen LogP contribution in [0.4, 0.5) is 0 Å². The van der Waals surface area contributed by atoms with Crippen molar-refractivity contribution in [3.05, 3.63) is 198 Å². The van der Waals surface area contributed by atoms with Gasteiger partial charge in [0.15, 0.2) is 0 Å². The normalized spacial score (nSPS) is 9.32. The predicted molar refractivity (Wildman–Crippen MR) is 261 cm³/mol. The summed E-state index contributed by atoms with van der Waals surface area (Å²) in [5, 5.41) is 34.1. The van der Waals surface area contributed by atoms with Crippen LogP contribution >= 0.6 is 0 Å². The number of benzene rings is 8. The lowest BCUT2D eigenvalue weighted by Crippen LogP contribution is -1.81. The van der Waals surface area contributed by atoms with Crippen LogP contribution in [0.2, 0.25) is 0 Å². The van der Waals surface area contributed by atoms with Crippen LogP contribution < -0.4 is 0 Å². The summed E-state index contributed by atoms with van der Waals surface area (Å²) >= 11 is 0. The summed E-state index contributed by atoms with van der Waals surface area (Å²) in [6, 6.07) is 57.6. The number of phenols is 3. The van der Waals surface area contributed by atoms with Crippen molar-refractivity contribution in [2.45, 2.75) is 94.9 Å². The van der Waals surface area contributed by atoms with Crippen molar-refractivity contribution in [3.8, 4) is 17.2 Å². The van der Waals surface area contributed by atoms with Gasteiger partial charge in [0.2, 0.25) is 0 Å². The zero-order valence-electron chi connectivity index (χ0n) is 37.4. The molecule has 3 heteroatoms. The number of fused-ring (bicyclic) bond motifs is 3. The summed E-state index contributed by atoms with van der Waals surface area (Å²) in [6.45, 7) is 20.7. The molecule has 8 aromatic carbocycles. The van der Waals surface area contributed by atoms with Gasteiger partial charge in [-0.05, 0) is 117 Å². The van der Waals surface area contributed by atoms with E-state index in [2.05, 4.69) is 76.2 Å². The quantitative estimate of drug-likeness (QED) is 0.166. The lowest BCUT2D eigenvalue weighted by atomic mass is 10.1. The topological polar surface area (TPSA) is 60.7 Å². The van der Waals surface area contributed by atoms with E-state index in [1.807, 2.05) is 133 Å². The zero-order valence-corrected chi connectivity index (χ0v) is 37.4. The number of hydrogen-bond donors (Lipinski definition) is 3. The van der Waals surface area contributed by atoms with Crippen LogP contribution in [0, 0.1) is 0 Å². The average molecular weight is 791 g/mol. The monoisotopic (exact) mass is 791 g/mol. The van der Waals surface area contributed by atoms with Gasteiger partial charge in [-0.2, -0.15) is 0 Å². The lowest BCUT2D eigenvalue weighted by Gasteiger charge is -1.97. The molecule has 0 fully saturated rings. The lowest BCUT2D eigenvalue weighted by molar-refractivity contribution is 0.475. The summed E-state index contributed by atoms with van der Waals surface area (Å²) in [5.41, 5.74) is 5.71. The highest BCUT2D eigenvalue weighted by Gasteiger charge is 1.94. The smallest absolute Gasteiger partial charge is 0.116 e. The van der Waals surface area contributed by atoms with Gasteiger partial charge in [0.1, 0.15) is 17.2 Å². The van der Waals surface area contributed by atoms with Crippen LogP contribution in [0.3, 0.4) is 0 Å². The molecule has 59 heavy (non-hydrogen) atoms. The molecule has 8 aromatic rings. The summed E-state index contributed by atoms with van der Waals surface area (Å²) < 4.78 is 0. The SMILES string of the molecule is CC.CC.CC.CCc1ccc(CC)cc1.CCc1ccc(CC)cc1.Oc1ccc2ccccc2c1.Oc1ccc2ccccc2c1.Oc1ccc2ccccc2c1. The summed E-state index contributed by atoms with van der Waals surface area (Å²) in [6.07, 6.45) is 4.57. The molecule has 0 aliphatic heterocycles. The highest BCUT2D eigenvalue weighted by Crippen LogP contribution is 2.20. The molecule has 0 aliphatic carbocycles. The molecule has 3 nitrogen and oxygen atoms in total. The highest BCUT2D eigenvalue weighted by atomic mass is 16.3. The largest absolute Gasteiger partial charge is 0.508 e. The van der Waals surface area contributed by atoms with Crippen molar-refractivity contribution in [3.63, 3.8) is 0 Å². The standard InChI is InChI=1S/3C10H8O.2C10H14.3C2H6/c3*11-10-6-5-8-3-1-2-4-9(8)7-10;2*1-3-9-5-7-10(4-2)8-6-9;3*1-2/h3*1-7,11H;2*5-8H,3-4H2,1-2H3;3*1-2H3. The minimum atomic E-state index is 0.323. The van der Waals surface area contributed by atoms with Gasteiger partial charge < -0.3 is 15.3 Å². The minimum absolute atomic E-state index is 0.323. The third-order valence-corrected chi connectivity index (χ3v) is 8.88. The Hall–Kier alpha value is -6.06. The Labute approximate surface area is 356 Å². The molecule has 312 valence electrons. The summed E-state index contributed by atoms with van der Waals surface area (Å²) in [7, 11) is 0. The second kappa shape index (κ2) is 31.0. The summed E-state index contributed by atoms with van der Waals surface area (Å²) in [5.74, 6) is 0.969. The summed E-state index contributed by atoms with van der Waals surface area (Å²) in [4.78, 5) is 0. The molecular weight excluding hydrogens is 721 g/mol. The molecule has 0 aliphatic rings. The number of hydrogen-bond acceptors (Lipinski definition) is 3. The van der Waals surface area contributed by atoms with E-state index in [4.69, 9.17) is 15.3 Å². The van der Waals surface area contributed by atoms with Gasteiger partial charge in [0.25, 0.3) is 0 Å². The van der Waals surface area contributed by atoms with Crippen molar-refractivity contribution in [1.29, 1.82) is 0 Å². The number of aromatic hydroxyl groups is 3. The fourth-order valence-electron chi connectivity index (χ4n) is 5.55. The van der Waals surface area contributed by atoms with Crippen LogP contribution in [-0.2, 0) is 25.7 Å². The van der Waals surface area contributed by atoms with Gasteiger partial charge >= 0.3 is 0 Å². The Morgan fingerprint density at radius 2 is 0.441 bits per heavy atom. The molecule has 0 heterocycles. The molecule has 0 unspecified atom stereocenters. The van der Waals surface area contributed by atoms with E-state index in [1.54, 1.807) is 36.4 Å². The Morgan fingerprint density at radius 3 is 0.627 bits per heavy atom. The maximum Gasteiger partial charge on any atom is 0.116 e. The van der Waals surface area contributed by atoms with Gasteiger partial charge in [-0.15, -0.1) is 0 Å². The molecule has 0 bridgehead atoms. The maximum atomic E-state index is 9.13. The molecule has 0 amide bonds. The maximum absolute atomic E-state index is 9.13. The van der Waals surface area contributed by atoms with Gasteiger partial charge in [-0.25, -0.2) is 0 Å². The van der Waals surface area contributed by atoms with Crippen molar-refractivity contribution in [1.82, 2.24) is 0 Å². The molecule has 0 saturated heterocycles. The molecule has 0 saturated carbocycles. The minimum Gasteiger partial charge on any atom is -0.508 e. The molecule has 0 spiro atoms. The fraction of sp³-hybridized carbons (Fsp3) is 0.250. The van der Waals surface area contributed by atoms with E-state index in [9.17, 15) is 0 Å². The molecule has 0 atom stereocenters. The van der Waals surface area contributed by atoms with E-state index < -0.39 is 0 Å². The fourth-order valence-corrected chi connectivity index (χ4v) is 5.55. The van der Waals surface area contributed by atoms with Crippen molar-refractivity contribution in [2.75, 3.05) is 0 Å². The first-order chi connectivity index (χ1) is 28.8. The second-order valence-corrected chi connectivity index (χ2v) is 12.6. The van der Waals surface area contributed by atoms with Gasteiger partial charge in [0.05, 0.1) is 0 Å². The third-order valence-electron chi connectivity index (χ3n) is 8.88. The van der Waals surface area contributed by atoms with Crippen molar-refractivity contribution >= 4 is 32.3 Å². The highest BCUT2D eigenvalue weighted by molar-refractivity contribution is 5.85. The van der Waals surface area contributed by atoms with E-state index in [1.165, 1.54) is 22.3 Å². The van der Waals surface area contributed by atoms with E-state index in [0.717, 1.165) is 58.0 Å². The first kappa shape index (κ1) is 51.0. The van der Waals surface area contributed by atoms with Crippen LogP contribution in [0.15, 0.2) is 176 Å². The van der Waals surface area contributed by atoms with E-state index >= 15 is 0 Å². The van der Waals surface area contributed by atoms with Crippen LogP contribution in [0.1, 0.15) is 91.5 Å². The number of aryl methyl sites for hydroxylation is 4. The number of rotatable bonds is 4. The average Bonchev–Trinajstić information content (AvgIpc) is 3.31. The molecule has 3 N–H and O–H groups in total. The van der Waals surface area contributed by atoms with Crippen LogP contribution in [-0.4, -0.2) is 15.3 Å². The molecule has 8 rings (SSSR count). The van der Waals surface area contributed by atoms with E-state index in [-0.39, 0.29) is 0 Å². The van der Waals surface area contributed by atoms with Crippen LogP contribution in [0.5, 0.6) is 17.2 Å². The Kier molecular flexibility index (Phi) is 26.8. The third kappa shape index (κ3) is 19.3. The van der Waals surface area contributed by atoms with Gasteiger partial charge in [0, 0.05) is 0 Å². The first-order valence-corrected chi connectivity index (χ1v) is 21.5. The van der Waals surface area contributed by atoms with Gasteiger partial charge in [-0.1, -0.05) is 209 Å². The van der Waals surface area contributed by atoms with Crippen molar-refractivity contribution < 1.29 is 15.3 Å². The zero-order chi connectivity index (χ0) is 43.8. The van der Waals surface area contributed by atoms with Gasteiger partial charge in [-0.3, -0.25) is 0 Å².